The number of nitriles is 1. The van der Waals surface area contributed by atoms with E-state index in [0.717, 1.165) is 12.1 Å². The Bertz CT molecular complexity index is 604. The van der Waals surface area contributed by atoms with E-state index in [1.54, 1.807) is 0 Å². The van der Waals surface area contributed by atoms with Crippen molar-refractivity contribution in [3.63, 3.8) is 0 Å². The van der Waals surface area contributed by atoms with E-state index in [9.17, 15) is 23.6 Å². The summed E-state index contributed by atoms with van der Waals surface area (Å²) >= 11 is 0. The Kier molecular flexibility index (Phi) is 3.02. The molecule has 7 nitrogen and oxygen atoms in total. The second-order valence-electron chi connectivity index (χ2n) is 2.62. The number of rotatable bonds is 2. The minimum absolute atomic E-state index is 0.460. The molecule has 1 aromatic carbocycles. The second kappa shape index (κ2) is 3.96. The van der Waals surface area contributed by atoms with Crippen LogP contribution in [0.5, 0.6) is 5.75 Å². The number of hydrogen-bond donors (Lipinski definition) is 1. The highest BCUT2D eigenvalue weighted by atomic mass is 35.7. The summed E-state index contributed by atoms with van der Waals surface area (Å²) in [6.07, 6.45) is 0. The van der Waals surface area contributed by atoms with Crippen molar-refractivity contribution in [1.29, 1.82) is 5.26 Å². The van der Waals surface area contributed by atoms with E-state index in [1.807, 2.05) is 0 Å². The van der Waals surface area contributed by atoms with E-state index in [4.69, 9.17) is 15.9 Å². The van der Waals surface area contributed by atoms with Crippen LogP contribution in [-0.2, 0) is 9.05 Å². The van der Waals surface area contributed by atoms with Crippen molar-refractivity contribution < 1.29 is 18.4 Å². The first kappa shape index (κ1) is 12.2. The molecule has 0 saturated carbocycles. The molecule has 0 saturated heterocycles. The van der Waals surface area contributed by atoms with Crippen molar-refractivity contribution in [3.05, 3.63) is 27.8 Å². The monoisotopic (exact) mass is 262 g/mol. The summed E-state index contributed by atoms with van der Waals surface area (Å²) in [6, 6.07) is 3.18. The maximum absolute atomic E-state index is 11.0. The van der Waals surface area contributed by atoms with Crippen LogP contribution in [-0.4, -0.2) is 18.4 Å². The summed E-state index contributed by atoms with van der Waals surface area (Å²) < 4.78 is 22.1. The van der Waals surface area contributed by atoms with Crippen LogP contribution >= 0.6 is 10.7 Å². The molecule has 0 atom stereocenters. The smallest absolute Gasteiger partial charge is 0.312 e. The first-order valence-electron chi connectivity index (χ1n) is 3.64. The lowest BCUT2D eigenvalue weighted by Crippen LogP contribution is -1.99. The Morgan fingerprint density at radius 2 is 2.06 bits per heavy atom. The molecule has 0 fully saturated rings. The molecule has 84 valence electrons. The molecule has 16 heavy (non-hydrogen) atoms. The standard InChI is InChI=1S/C7H3ClN2O5S/c8-16(14,15)7-4(3-9)1-2-5(6(7)11)10(12)13/h1-2,11H. The number of aromatic hydroxyl groups is 1. The Morgan fingerprint density at radius 3 is 2.44 bits per heavy atom. The molecule has 1 rings (SSSR count). The molecule has 0 aromatic heterocycles. The van der Waals surface area contributed by atoms with Gasteiger partial charge in [0.15, 0.2) is 0 Å². The minimum atomic E-state index is -4.44. The largest absolute Gasteiger partial charge is 0.501 e. The fraction of sp³-hybridized carbons (Fsp3) is 0. The van der Waals surface area contributed by atoms with Crippen molar-refractivity contribution in [1.82, 2.24) is 0 Å². The van der Waals surface area contributed by atoms with Gasteiger partial charge in [-0.05, 0) is 6.07 Å². The molecule has 0 radical (unpaired) electrons. The quantitative estimate of drug-likeness (QED) is 0.484. The Morgan fingerprint density at radius 1 is 1.50 bits per heavy atom. The number of nitro benzene ring substituents is 1. The summed E-state index contributed by atoms with van der Waals surface area (Å²) in [7, 11) is 0.526. The normalized spacial score (nSPS) is 10.8. The molecule has 0 bridgehead atoms. The number of hydrogen-bond acceptors (Lipinski definition) is 6. The number of nitro groups is 1. The van der Waals surface area contributed by atoms with E-state index < -0.39 is 35.9 Å². The van der Waals surface area contributed by atoms with Gasteiger partial charge in [0.25, 0.3) is 9.05 Å². The number of phenolic OH excluding ortho intramolecular Hbond substituents is 1. The molecule has 0 heterocycles. The number of nitrogens with zero attached hydrogens (tertiary/aromatic N) is 2. The van der Waals surface area contributed by atoms with Gasteiger partial charge in [0, 0.05) is 16.7 Å². The topological polar surface area (TPSA) is 121 Å². The molecular formula is C7H3ClN2O5S. The fourth-order valence-electron chi connectivity index (χ4n) is 1.04. The fourth-order valence-corrected chi connectivity index (χ4v) is 2.22. The second-order valence-corrected chi connectivity index (χ2v) is 5.12. The van der Waals surface area contributed by atoms with Crippen LogP contribution < -0.4 is 0 Å². The van der Waals surface area contributed by atoms with Gasteiger partial charge < -0.3 is 5.11 Å². The van der Waals surface area contributed by atoms with Crippen molar-refractivity contribution >= 4 is 25.4 Å². The van der Waals surface area contributed by atoms with Crippen LogP contribution in [0, 0.1) is 21.4 Å². The van der Waals surface area contributed by atoms with Crippen LogP contribution in [0.3, 0.4) is 0 Å². The zero-order valence-electron chi connectivity index (χ0n) is 7.42. The lowest BCUT2D eigenvalue weighted by atomic mass is 10.2. The molecule has 1 N–H and O–H groups in total. The first-order chi connectivity index (χ1) is 7.29. The van der Waals surface area contributed by atoms with Gasteiger partial charge in [-0.15, -0.1) is 0 Å². The van der Waals surface area contributed by atoms with Crippen LogP contribution in [0.4, 0.5) is 5.69 Å². The van der Waals surface area contributed by atoms with Gasteiger partial charge in [0.05, 0.1) is 10.5 Å². The van der Waals surface area contributed by atoms with Crippen LogP contribution in [0.15, 0.2) is 17.0 Å². The van der Waals surface area contributed by atoms with Gasteiger partial charge in [0.2, 0.25) is 5.75 Å². The van der Waals surface area contributed by atoms with Crippen LogP contribution in [0.1, 0.15) is 5.56 Å². The summed E-state index contributed by atoms with van der Waals surface area (Å²) in [4.78, 5) is 8.49. The summed E-state index contributed by atoms with van der Waals surface area (Å²) in [5.41, 5.74) is -1.30. The third-order valence-corrected chi connectivity index (χ3v) is 3.03. The van der Waals surface area contributed by atoms with Gasteiger partial charge in [-0.3, -0.25) is 10.1 Å². The average molecular weight is 263 g/mol. The predicted octanol–water partition coefficient (Wildman–Crippen LogP) is 1.10. The van der Waals surface area contributed by atoms with Gasteiger partial charge in [-0.2, -0.15) is 5.26 Å². The first-order valence-corrected chi connectivity index (χ1v) is 5.95. The molecule has 0 unspecified atom stereocenters. The van der Waals surface area contributed by atoms with E-state index in [1.165, 1.54) is 6.07 Å². The van der Waals surface area contributed by atoms with Crippen molar-refractivity contribution in [3.8, 4) is 11.8 Å². The number of benzene rings is 1. The van der Waals surface area contributed by atoms with Gasteiger partial charge in [0.1, 0.15) is 11.0 Å². The maximum Gasteiger partial charge on any atom is 0.312 e. The Hall–Kier alpha value is -1.85. The Balaban J connectivity index is 3.76. The van der Waals surface area contributed by atoms with E-state index >= 15 is 0 Å². The lowest BCUT2D eigenvalue weighted by Gasteiger charge is -2.03. The van der Waals surface area contributed by atoms with Crippen LogP contribution in [0.2, 0.25) is 0 Å². The Labute approximate surface area is 94.1 Å². The van der Waals surface area contributed by atoms with Crippen LogP contribution in [0.25, 0.3) is 0 Å². The maximum atomic E-state index is 11.0. The highest BCUT2D eigenvalue weighted by Crippen LogP contribution is 2.36. The molecule has 1 aromatic rings. The number of phenols is 1. The highest BCUT2D eigenvalue weighted by molar-refractivity contribution is 8.13. The molecule has 0 aliphatic heterocycles. The van der Waals surface area contributed by atoms with E-state index in [2.05, 4.69) is 0 Å². The van der Waals surface area contributed by atoms with Gasteiger partial charge >= 0.3 is 5.69 Å². The average Bonchev–Trinajstić information content (AvgIpc) is 2.14. The highest BCUT2D eigenvalue weighted by Gasteiger charge is 2.28. The van der Waals surface area contributed by atoms with Crippen molar-refractivity contribution in [2.45, 2.75) is 4.90 Å². The van der Waals surface area contributed by atoms with Gasteiger partial charge in [-0.1, -0.05) is 0 Å². The zero-order valence-corrected chi connectivity index (χ0v) is 8.99. The lowest BCUT2D eigenvalue weighted by molar-refractivity contribution is -0.386. The zero-order chi connectivity index (χ0) is 12.5. The molecule has 9 heteroatoms. The third-order valence-electron chi connectivity index (χ3n) is 1.67. The predicted molar refractivity (Wildman–Crippen MR) is 52.5 cm³/mol. The molecular weight excluding hydrogens is 260 g/mol. The summed E-state index contributed by atoms with van der Waals surface area (Å²) in [5.74, 6) is -1.14. The molecule has 0 aliphatic rings. The SMILES string of the molecule is N#Cc1ccc([N+](=O)[O-])c(O)c1S(=O)(=O)Cl. The molecule has 0 aliphatic carbocycles. The van der Waals surface area contributed by atoms with Gasteiger partial charge in [-0.25, -0.2) is 8.42 Å². The van der Waals surface area contributed by atoms with Crippen molar-refractivity contribution in [2.75, 3.05) is 0 Å². The minimum Gasteiger partial charge on any atom is -0.501 e. The molecule has 0 amide bonds. The van der Waals surface area contributed by atoms with E-state index in [0.29, 0.717) is 0 Å². The summed E-state index contributed by atoms with van der Waals surface area (Å²) in [6.45, 7) is 0. The van der Waals surface area contributed by atoms with E-state index in [-0.39, 0.29) is 0 Å². The summed E-state index contributed by atoms with van der Waals surface area (Å²) in [5, 5.41) is 28.4. The van der Waals surface area contributed by atoms with Crippen molar-refractivity contribution in [2.24, 2.45) is 0 Å². The number of halogens is 1. The third kappa shape index (κ3) is 2.05. The molecule has 0 spiro atoms.